The first-order valence-electron chi connectivity index (χ1n) is 51.6. The molecule has 0 saturated carbocycles. The lowest BCUT2D eigenvalue weighted by molar-refractivity contribution is -0.138. The summed E-state index contributed by atoms with van der Waals surface area (Å²) in [6, 6.07) is 0. The van der Waals surface area contributed by atoms with Crippen LogP contribution in [0.15, 0.2) is 48.6 Å². The molecular formula is C102H216O38. The minimum Gasteiger partial charge on any atom is -0.481 e. The number of rotatable bonds is 80. The number of hydrogen-bond acceptors (Lipinski definition) is 34. The summed E-state index contributed by atoms with van der Waals surface area (Å²) in [5, 5.41) is 274. The summed E-state index contributed by atoms with van der Waals surface area (Å²) in [6.45, 7) is 1.74. The van der Waals surface area contributed by atoms with E-state index in [2.05, 4.69) is 76.3 Å². The first kappa shape index (κ1) is 166. The molecule has 0 aliphatic heterocycles. The van der Waals surface area contributed by atoms with Crippen LogP contribution >= 0.6 is 0 Å². The molecule has 38 nitrogen and oxygen atoms in total. The van der Waals surface area contributed by atoms with Crippen molar-refractivity contribution < 1.29 is 193 Å². The van der Waals surface area contributed by atoms with Gasteiger partial charge in [-0.15, -0.1) is 0 Å². The minimum atomic E-state index is -0.954. The van der Waals surface area contributed by atoms with E-state index >= 15 is 0 Å². The third-order valence-corrected chi connectivity index (χ3v) is 18.8. The largest absolute Gasteiger partial charge is 0.481 e. The molecule has 0 atom stereocenters. The Morgan fingerprint density at radius 3 is 0.293 bits per heavy atom. The molecule has 38 heteroatoms. The van der Waals surface area contributed by atoms with Crippen LogP contribution in [-0.2, 0) is 19.2 Å². The van der Waals surface area contributed by atoms with Crippen molar-refractivity contribution in [2.75, 3.05) is 132 Å². The maximum Gasteiger partial charge on any atom is 0.303 e. The Hall–Kier alpha value is -4.36. The molecule has 0 bridgehead atoms. The molecule has 0 aliphatic rings. The van der Waals surface area contributed by atoms with Gasteiger partial charge in [0.25, 0.3) is 0 Å². The number of carboxylic acids is 4. The Balaban J connectivity index is -0.000000106. The summed E-state index contributed by atoms with van der Waals surface area (Å²) >= 11 is 0. The predicted molar refractivity (Wildman–Crippen MR) is 550 cm³/mol. The van der Waals surface area contributed by atoms with E-state index in [-0.39, 0.29) is 132 Å². The number of carboxylic acid groups (broad SMARTS) is 4. The van der Waals surface area contributed by atoms with E-state index in [0.29, 0.717) is 25.7 Å². The van der Waals surface area contributed by atoms with Crippen molar-refractivity contribution in [3.63, 3.8) is 0 Å². The first-order chi connectivity index (χ1) is 67.2. The molecule has 0 saturated heterocycles. The zero-order valence-electron chi connectivity index (χ0n) is 87.0. The van der Waals surface area contributed by atoms with Gasteiger partial charge in [0.15, 0.2) is 0 Å². The van der Waals surface area contributed by atoms with Gasteiger partial charge in [-0.05, 0) is 128 Å². The zero-order chi connectivity index (χ0) is 109. The molecule has 0 unspecified atom stereocenters. The normalized spacial score (nSPS) is 10.7. The molecule has 0 aromatic heterocycles. The SMILES string of the molecule is CCCCCCCCC=CCCCCCCCC(=O)O.CCCCCCCCC=CCCCCCCCC(=O)O.CCCCCCCCC=CCCCCCCCC(=O)O.CCCCCCCCC=CCCCCCCCC(=O)O.OCC(O)CO.OCC(O)CO.OCC(O)CO.OCC(O)CO.OCC(O)CO.OCC(O)CO.OCC(O)CO.OCC(O)CO.OCC(O)CO.OCC(O)CO. The van der Waals surface area contributed by atoms with Crippen molar-refractivity contribution in [1.29, 1.82) is 0 Å². The van der Waals surface area contributed by atoms with Crippen molar-refractivity contribution in [3.05, 3.63) is 48.6 Å². The smallest absolute Gasteiger partial charge is 0.303 e. The van der Waals surface area contributed by atoms with E-state index in [1.807, 2.05) is 0 Å². The number of aliphatic carboxylic acids is 4. The molecule has 0 spiro atoms. The van der Waals surface area contributed by atoms with E-state index in [0.717, 1.165) is 51.4 Å². The van der Waals surface area contributed by atoms with Crippen LogP contribution in [0.25, 0.3) is 0 Å². The second-order valence-corrected chi connectivity index (χ2v) is 33.1. The summed E-state index contributed by atoms with van der Waals surface area (Å²) in [6.07, 6.45) is 75.4. The summed E-state index contributed by atoms with van der Waals surface area (Å²) in [5.41, 5.74) is 0. The number of carbonyl (C=O) groups is 4. The Bertz CT molecular complexity index is 1850. The van der Waals surface area contributed by atoms with Crippen LogP contribution in [0.2, 0.25) is 0 Å². The van der Waals surface area contributed by atoms with Crippen LogP contribution in [0.3, 0.4) is 0 Å². The van der Waals surface area contributed by atoms with Crippen LogP contribution in [0.5, 0.6) is 0 Å². The van der Waals surface area contributed by atoms with E-state index in [9.17, 15) is 19.2 Å². The Labute approximate surface area is 842 Å². The molecule has 0 radical (unpaired) electrons. The summed E-state index contributed by atoms with van der Waals surface area (Å²) in [5.74, 6) is -2.66. The number of unbranched alkanes of at least 4 members (excludes halogenated alkanes) is 44. The van der Waals surface area contributed by atoms with E-state index < -0.39 is 84.9 Å². The van der Waals surface area contributed by atoms with Gasteiger partial charge in [-0.2, -0.15) is 0 Å². The maximum atomic E-state index is 10.3. The van der Waals surface area contributed by atoms with Crippen molar-refractivity contribution >= 4 is 23.9 Å². The molecule has 0 fully saturated rings. The summed E-state index contributed by atoms with van der Waals surface area (Å²) in [4.78, 5) is 41.3. The minimum absolute atomic E-state index is 0.332. The molecule has 0 aromatic rings. The molecule has 0 amide bonds. The van der Waals surface area contributed by atoms with Gasteiger partial charge >= 0.3 is 23.9 Å². The molecule has 0 heterocycles. The van der Waals surface area contributed by atoms with Crippen LogP contribution in [0.4, 0.5) is 0 Å². The monoisotopic (exact) mass is 2050 g/mol. The average Bonchev–Trinajstić information content (AvgIpc) is 1.10. The molecular weight excluding hydrogens is 1830 g/mol. The second-order valence-electron chi connectivity index (χ2n) is 33.1. The summed E-state index contributed by atoms with van der Waals surface area (Å²) < 4.78 is 0. The van der Waals surface area contributed by atoms with Gasteiger partial charge in [0.05, 0.1) is 132 Å². The Morgan fingerprint density at radius 1 is 0.143 bits per heavy atom. The maximum absolute atomic E-state index is 10.3. The highest BCUT2D eigenvalue weighted by molar-refractivity contribution is 5.67. The number of hydrogen-bond donors (Lipinski definition) is 34. The van der Waals surface area contributed by atoms with Gasteiger partial charge in [-0.3, -0.25) is 19.2 Å². The fourth-order valence-electron chi connectivity index (χ4n) is 9.97. The molecule has 140 heavy (non-hydrogen) atoms. The number of aliphatic hydroxyl groups excluding tert-OH is 30. The predicted octanol–water partition coefficient (Wildman–Crippen LogP) is 7.75. The third-order valence-electron chi connectivity index (χ3n) is 18.8. The van der Waals surface area contributed by atoms with Crippen molar-refractivity contribution in [1.82, 2.24) is 0 Å². The fourth-order valence-corrected chi connectivity index (χ4v) is 9.97. The lowest BCUT2D eigenvalue weighted by Gasteiger charge is -1.99. The van der Waals surface area contributed by atoms with E-state index in [4.69, 9.17) is 174 Å². The molecule has 0 aliphatic carbocycles. The highest BCUT2D eigenvalue weighted by atomic mass is 16.4. The topological polar surface area (TPSA) is 756 Å². The third kappa shape index (κ3) is 219. The fraction of sp³-hybridized carbons (Fsp3) is 0.882. The standard InChI is InChI=1S/4C18H34O2.10C3H8O3/c4*1-2-3-4-5-6-7-8-9-10-11-12-13-14-15-16-17-18(19)20;10*4-1-3(6)2-5/h4*9-10H,2-8,11-17H2,1H3,(H,19,20);10*3-6H,1-2H2. The van der Waals surface area contributed by atoms with Crippen LogP contribution in [0.1, 0.15) is 387 Å². The highest BCUT2D eigenvalue weighted by Gasteiger charge is 2.05. The first-order valence-corrected chi connectivity index (χ1v) is 51.6. The van der Waals surface area contributed by atoms with Crippen molar-refractivity contribution in [2.24, 2.45) is 0 Å². The summed E-state index contributed by atoms with van der Waals surface area (Å²) in [7, 11) is 0. The Kier molecular flexibility index (Phi) is 193. The van der Waals surface area contributed by atoms with Crippen LogP contribution in [0, 0.1) is 0 Å². The number of allylic oxidation sites excluding steroid dienone is 8. The average molecular weight is 2050 g/mol. The van der Waals surface area contributed by atoms with Crippen molar-refractivity contribution in [3.8, 4) is 0 Å². The lowest BCUT2D eigenvalue weighted by Crippen LogP contribution is -2.15. The van der Waals surface area contributed by atoms with Crippen LogP contribution in [-0.4, -0.2) is 391 Å². The van der Waals surface area contributed by atoms with Crippen molar-refractivity contribution in [2.45, 2.75) is 448 Å². The van der Waals surface area contributed by atoms with Gasteiger partial charge in [0, 0.05) is 25.7 Å². The molecule has 0 aromatic carbocycles. The van der Waals surface area contributed by atoms with Gasteiger partial charge < -0.3 is 174 Å². The highest BCUT2D eigenvalue weighted by Crippen LogP contribution is 2.15. The van der Waals surface area contributed by atoms with E-state index in [1.165, 1.54) is 283 Å². The van der Waals surface area contributed by atoms with Gasteiger partial charge in [0.1, 0.15) is 61.0 Å². The molecule has 34 N–H and O–H groups in total. The van der Waals surface area contributed by atoms with Gasteiger partial charge in [-0.1, -0.05) is 282 Å². The zero-order valence-corrected chi connectivity index (χ0v) is 87.0. The number of aliphatic hydroxyl groups is 30. The van der Waals surface area contributed by atoms with Crippen LogP contribution < -0.4 is 0 Å². The van der Waals surface area contributed by atoms with Gasteiger partial charge in [-0.25, -0.2) is 0 Å². The van der Waals surface area contributed by atoms with Gasteiger partial charge in [0.2, 0.25) is 0 Å². The van der Waals surface area contributed by atoms with E-state index in [1.54, 1.807) is 0 Å². The molecule has 852 valence electrons. The lowest BCUT2D eigenvalue weighted by atomic mass is 10.1. The quantitative estimate of drug-likeness (QED) is 0.0204. The molecule has 0 rings (SSSR count). The second kappa shape index (κ2) is 163. The Morgan fingerprint density at radius 2 is 0.221 bits per heavy atom.